The van der Waals surface area contributed by atoms with E-state index in [1.165, 1.54) is 30.7 Å². The molecule has 1 heterocycles. The van der Waals surface area contributed by atoms with E-state index in [1.807, 2.05) is 0 Å². The van der Waals surface area contributed by atoms with E-state index < -0.39 is 0 Å². The average molecular weight is 223 g/mol. The Morgan fingerprint density at radius 3 is 2.60 bits per heavy atom. The number of hydrogen-bond donors (Lipinski definition) is 1. The van der Waals surface area contributed by atoms with Crippen LogP contribution < -0.4 is 5.73 Å². The van der Waals surface area contributed by atoms with Crippen LogP contribution in [0.1, 0.15) is 41.6 Å². The van der Waals surface area contributed by atoms with Crippen molar-refractivity contribution in [3.05, 3.63) is 10.0 Å². The van der Waals surface area contributed by atoms with Gasteiger partial charge >= 0.3 is 0 Å². The predicted octanol–water partition coefficient (Wildman–Crippen LogP) is 1.94. The highest BCUT2D eigenvalue weighted by molar-refractivity contribution is 7.11. The van der Waals surface area contributed by atoms with Gasteiger partial charge in [0, 0.05) is 12.3 Å². The van der Waals surface area contributed by atoms with Crippen molar-refractivity contribution in [3.63, 3.8) is 0 Å². The summed E-state index contributed by atoms with van der Waals surface area (Å²) in [4.78, 5) is 0. The number of rotatable bonds is 3. The Morgan fingerprint density at radius 1 is 1.20 bits per heavy atom. The van der Waals surface area contributed by atoms with Crippen LogP contribution in [-0.4, -0.2) is 16.7 Å². The van der Waals surface area contributed by atoms with E-state index in [0.29, 0.717) is 6.54 Å². The van der Waals surface area contributed by atoms with Crippen molar-refractivity contribution in [3.8, 4) is 0 Å². The molecule has 2 atom stereocenters. The summed E-state index contributed by atoms with van der Waals surface area (Å²) in [6, 6.07) is 0. The molecule has 2 aliphatic rings. The molecule has 2 saturated carbocycles. The molecule has 0 amide bonds. The van der Waals surface area contributed by atoms with Crippen LogP contribution in [0.15, 0.2) is 0 Å². The summed E-state index contributed by atoms with van der Waals surface area (Å²) >= 11 is 1.79. The van der Waals surface area contributed by atoms with E-state index in [4.69, 9.17) is 5.73 Å². The molecule has 3 nitrogen and oxygen atoms in total. The fourth-order valence-electron chi connectivity index (χ4n) is 2.98. The first-order chi connectivity index (χ1) is 7.40. The summed E-state index contributed by atoms with van der Waals surface area (Å²) in [6.07, 6.45) is 6.57. The number of aromatic nitrogens is 2. The molecule has 2 N–H and O–H groups in total. The first kappa shape index (κ1) is 9.73. The summed E-state index contributed by atoms with van der Waals surface area (Å²) in [7, 11) is 0. The molecule has 1 aromatic rings. The molecule has 4 heteroatoms. The lowest BCUT2D eigenvalue weighted by atomic mass is 10.0. The molecule has 15 heavy (non-hydrogen) atoms. The van der Waals surface area contributed by atoms with Gasteiger partial charge < -0.3 is 5.73 Å². The molecule has 2 aliphatic carbocycles. The predicted molar refractivity (Wildman–Crippen MR) is 60.9 cm³/mol. The van der Waals surface area contributed by atoms with Crippen molar-refractivity contribution >= 4 is 11.3 Å². The van der Waals surface area contributed by atoms with E-state index in [0.717, 1.165) is 29.2 Å². The summed E-state index contributed by atoms with van der Waals surface area (Å²) in [5.74, 6) is 2.64. The van der Waals surface area contributed by atoms with Crippen LogP contribution in [-0.2, 0) is 6.42 Å². The molecular weight excluding hydrogens is 206 g/mol. The van der Waals surface area contributed by atoms with Gasteiger partial charge in [-0.3, -0.25) is 0 Å². The maximum Gasteiger partial charge on any atom is 0.121 e. The van der Waals surface area contributed by atoms with Gasteiger partial charge in [-0.25, -0.2) is 0 Å². The molecule has 1 aromatic heterocycles. The van der Waals surface area contributed by atoms with Crippen molar-refractivity contribution in [2.75, 3.05) is 6.54 Å². The second-order valence-corrected chi connectivity index (χ2v) is 5.80. The zero-order valence-electron chi connectivity index (χ0n) is 8.85. The zero-order valence-corrected chi connectivity index (χ0v) is 9.67. The van der Waals surface area contributed by atoms with Gasteiger partial charge in [0.25, 0.3) is 0 Å². The van der Waals surface area contributed by atoms with Gasteiger partial charge in [0.1, 0.15) is 10.0 Å². The van der Waals surface area contributed by atoms with Crippen LogP contribution in [0.3, 0.4) is 0 Å². The minimum atomic E-state index is 0.687. The van der Waals surface area contributed by atoms with Crippen LogP contribution in [0.2, 0.25) is 0 Å². The highest BCUT2D eigenvalue weighted by atomic mass is 32.1. The first-order valence-electron chi connectivity index (χ1n) is 5.92. The standard InChI is InChI=1S/C11H17N3S/c12-6-5-9-13-14-11(15-9)10-7-3-1-2-4-8(7)10/h7-8,10H,1-6,12H2. The summed E-state index contributed by atoms with van der Waals surface area (Å²) in [5, 5.41) is 11.0. The van der Waals surface area contributed by atoms with Crippen LogP contribution in [0.25, 0.3) is 0 Å². The quantitative estimate of drug-likeness (QED) is 0.852. The Hall–Kier alpha value is -0.480. The molecule has 82 valence electrons. The van der Waals surface area contributed by atoms with Gasteiger partial charge in [0.15, 0.2) is 0 Å². The average Bonchev–Trinajstić information content (AvgIpc) is 2.82. The van der Waals surface area contributed by atoms with E-state index >= 15 is 0 Å². The smallest absolute Gasteiger partial charge is 0.121 e. The molecule has 0 saturated heterocycles. The Morgan fingerprint density at radius 2 is 1.93 bits per heavy atom. The van der Waals surface area contributed by atoms with Crippen LogP contribution in [0.5, 0.6) is 0 Å². The lowest BCUT2D eigenvalue weighted by molar-refractivity contribution is 0.480. The van der Waals surface area contributed by atoms with E-state index in [9.17, 15) is 0 Å². The second kappa shape index (κ2) is 3.83. The van der Waals surface area contributed by atoms with Gasteiger partial charge in [0.2, 0.25) is 0 Å². The maximum absolute atomic E-state index is 5.52. The first-order valence-corrected chi connectivity index (χ1v) is 6.74. The minimum absolute atomic E-state index is 0.687. The third-order valence-corrected chi connectivity index (χ3v) is 4.87. The molecule has 0 bridgehead atoms. The Labute approximate surface area is 94.1 Å². The molecule has 3 rings (SSSR count). The zero-order chi connectivity index (χ0) is 10.3. The Kier molecular flexibility index (Phi) is 2.48. The normalized spacial score (nSPS) is 33.8. The Bertz CT molecular complexity index is 337. The summed E-state index contributed by atoms with van der Waals surface area (Å²) in [6.45, 7) is 0.687. The third kappa shape index (κ3) is 1.70. The van der Waals surface area contributed by atoms with Gasteiger partial charge in [-0.05, 0) is 31.2 Å². The van der Waals surface area contributed by atoms with Crippen molar-refractivity contribution < 1.29 is 0 Å². The third-order valence-electron chi connectivity index (χ3n) is 3.78. The molecule has 0 aromatic carbocycles. The number of hydrogen-bond acceptors (Lipinski definition) is 4. The Balaban J connectivity index is 1.71. The summed E-state index contributed by atoms with van der Waals surface area (Å²) in [5.41, 5.74) is 5.52. The van der Waals surface area contributed by atoms with Crippen molar-refractivity contribution in [1.29, 1.82) is 0 Å². The van der Waals surface area contributed by atoms with Gasteiger partial charge in [0.05, 0.1) is 0 Å². The van der Waals surface area contributed by atoms with Crippen LogP contribution >= 0.6 is 11.3 Å². The highest BCUT2D eigenvalue weighted by Crippen LogP contribution is 2.61. The van der Waals surface area contributed by atoms with Crippen LogP contribution in [0, 0.1) is 11.8 Å². The van der Waals surface area contributed by atoms with Gasteiger partial charge in [-0.15, -0.1) is 21.5 Å². The number of nitrogens with zero attached hydrogens (tertiary/aromatic N) is 2. The molecule has 0 spiro atoms. The summed E-state index contributed by atoms with van der Waals surface area (Å²) < 4.78 is 0. The lowest BCUT2D eigenvalue weighted by Gasteiger charge is -2.04. The number of fused-ring (bicyclic) bond motifs is 1. The lowest BCUT2D eigenvalue weighted by Crippen LogP contribution is -2.01. The molecule has 2 unspecified atom stereocenters. The molecule has 0 aliphatic heterocycles. The SMILES string of the molecule is NCCc1nnc(C2C3CCCCC32)s1. The molecule has 2 fully saturated rings. The minimum Gasteiger partial charge on any atom is -0.330 e. The number of nitrogens with two attached hydrogens (primary N) is 1. The van der Waals surface area contributed by atoms with Gasteiger partial charge in [-0.1, -0.05) is 12.8 Å². The second-order valence-electron chi connectivity index (χ2n) is 4.71. The van der Waals surface area contributed by atoms with Crippen LogP contribution in [0.4, 0.5) is 0 Å². The van der Waals surface area contributed by atoms with E-state index in [1.54, 1.807) is 11.3 Å². The van der Waals surface area contributed by atoms with E-state index in [-0.39, 0.29) is 0 Å². The molecule has 0 radical (unpaired) electrons. The van der Waals surface area contributed by atoms with Crippen molar-refractivity contribution in [2.24, 2.45) is 17.6 Å². The fraction of sp³-hybridized carbons (Fsp3) is 0.818. The maximum atomic E-state index is 5.52. The van der Waals surface area contributed by atoms with Crippen molar-refractivity contribution in [2.45, 2.75) is 38.0 Å². The molecular formula is C11H17N3S. The monoisotopic (exact) mass is 223 g/mol. The topological polar surface area (TPSA) is 51.8 Å². The largest absolute Gasteiger partial charge is 0.330 e. The highest BCUT2D eigenvalue weighted by Gasteiger charge is 2.52. The van der Waals surface area contributed by atoms with Gasteiger partial charge in [-0.2, -0.15) is 0 Å². The van der Waals surface area contributed by atoms with E-state index in [2.05, 4.69) is 10.2 Å². The van der Waals surface area contributed by atoms with Crippen molar-refractivity contribution in [1.82, 2.24) is 10.2 Å². The fourth-order valence-corrected chi connectivity index (χ4v) is 4.09.